The molecule has 2 amide bonds. The monoisotopic (exact) mass is 596 g/mol. The number of likely N-dealkylation sites (tertiary alicyclic amines) is 1. The molecule has 2 aliphatic rings. The molecule has 1 aliphatic carbocycles. The highest BCUT2D eigenvalue weighted by atomic mass is 19.1. The van der Waals surface area contributed by atoms with Crippen LogP contribution in [0.1, 0.15) is 25.7 Å². The van der Waals surface area contributed by atoms with Crippen molar-refractivity contribution in [2.75, 3.05) is 30.8 Å². The number of amides is 2. The van der Waals surface area contributed by atoms with Crippen molar-refractivity contribution in [2.24, 2.45) is 5.92 Å². The summed E-state index contributed by atoms with van der Waals surface area (Å²) in [6.45, 7) is 4.58. The summed E-state index contributed by atoms with van der Waals surface area (Å²) in [6.07, 6.45) is 5.26. The van der Waals surface area contributed by atoms with Crippen molar-refractivity contribution in [3.8, 4) is 28.4 Å². The van der Waals surface area contributed by atoms with Gasteiger partial charge in [0.1, 0.15) is 35.6 Å². The third kappa shape index (κ3) is 6.12. The van der Waals surface area contributed by atoms with Gasteiger partial charge in [0.15, 0.2) is 0 Å². The summed E-state index contributed by atoms with van der Waals surface area (Å²) in [6, 6.07) is 13.1. The summed E-state index contributed by atoms with van der Waals surface area (Å²) in [5.74, 6) is -0.0154. The predicted molar refractivity (Wildman–Crippen MR) is 162 cm³/mol. The van der Waals surface area contributed by atoms with Gasteiger partial charge in [-0.05, 0) is 66.4 Å². The first-order valence-corrected chi connectivity index (χ1v) is 14.4. The predicted octanol–water partition coefficient (Wildman–Crippen LogP) is 5.17. The Morgan fingerprint density at radius 1 is 1.00 bits per heavy atom. The summed E-state index contributed by atoms with van der Waals surface area (Å²) in [7, 11) is 1.55. The van der Waals surface area contributed by atoms with Crippen LogP contribution in [-0.2, 0) is 9.59 Å². The Balaban J connectivity index is 1.27. The number of rotatable bonds is 9. The van der Waals surface area contributed by atoms with Crippen molar-refractivity contribution in [1.29, 1.82) is 0 Å². The van der Waals surface area contributed by atoms with Gasteiger partial charge in [-0.1, -0.05) is 24.5 Å². The van der Waals surface area contributed by atoms with Crippen LogP contribution in [0.3, 0.4) is 0 Å². The van der Waals surface area contributed by atoms with Crippen LogP contribution in [0.2, 0.25) is 0 Å². The molecule has 1 saturated carbocycles. The van der Waals surface area contributed by atoms with Gasteiger partial charge in [0.25, 0.3) is 0 Å². The van der Waals surface area contributed by atoms with E-state index in [1.807, 2.05) is 12.1 Å². The molecule has 3 aromatic carbocycles. The molecule has 1 saturated heterocycles. The molecule has 4 aromatic rings. The minimum Gasteiger partial charge on any atom is -0.870 e. The highest BCUT2D eigenvalue weighted by Gasteiger charge is 2.30. The number of halogens is 1. The lowest BCUT2D eigenvalue weighted by Crippen LogP contribution is -2.41. The zero-order chi connectivity index (χ0) is 30.8. The van der Waals surface area contributed by atoms with E-state index < -0.39 is 5.82 Å². The number of anilines is 3. The third-order valence-electron chi connectivity index (χ3n) is 7.88. The minimum atomic E-state index is -0.506. The van der Waals surface area contributed by atoms with Crippen LogP contribution in [0.5, 0.6) is 17.2 Å². The van der Waals surface area contributed by atoms with Crippen molar-refractivity contribution in [3.05, 3.63) is 73.3 Å². The molecule has 0 unspecified atom stereocenters. The van der Waals surface area contributed by atoms with Gasteiger partial charge >= 0.3 is 0 Å². The molecule has 1 aromatic heterocycles. The van der Waals surface area contributed by atoms with Crippen LogP contribution in [0.25, 0.3) is 22.0 Å². The average Bonchev–Trinajstić information content (AvgIpc) is 3.89. The van der Waals surface area contributed by atoms with Gasteiger partial charge in [0, 0.05) is 37.2 Å². The number of hydrogen-bond donors (Lipinski definition) is 2. The number of aromatic nitrogens is 2. The Kier molecular flexibility index (Phi) is 8.01. The lowest BCUT2D eigenvalue weighted by atomic mass is 10.0. The zero-order valence-electron chi connectivity index (χ0n) is 24.1. The van der Waals surface area contributed by atoms with Crippen molar-refractivity contribution in [1.82, 2.24) is 14.9 Å². The maximum Gasteiger partial charge on any atom is 0.245 e. The number of nitrogens with one attached hydrogen (secondary N) is 2. The van der Waals surface area contributed by atoms with E-state index in [0.29, 0.717) is 59.7 Å². The molecule has 1 aliphatic heterocycles. The average molecular weight is 597 g/mol. The molecule has 44 heavy (non-hydrogen) atoms. The summed E-state index contributed by atoms with van der Waals surface area (Å²) < 4.78 is 26.2. The number of carbonyl (C=O) groups excluding carboxylic acids is 2. The number of hydrogen-bond acceptors (Lipinski definition) is 8. The second-order valence-corrected chi connectivity index (χ2v) is 10.9. The number of methoxy groups -OCH3 is 1. The van der Waals surface area contributed by atoms with Gasteiger partial charge in [-0.3, -0.25) is 9.59 Å². The van der Waals surface area contributed by atoms with E-state index in [1.54, 1.807) is 36.3 Å². The van der Waals surface area contributed by atoms with E-state index in [9.17, 15) is 19.1 Å². The number of nitrogens with zero attached hydrogens (tertiary/aromatic N) is 3. The highest BCUT2D eigenvalue weighted by molar-refractivity contribution is 5.95. The summed E-state index contributed by atoms with van der Waals surface area (Å²) in [4.78, 5) is 34.6. The van der Waals surface area contributed by atoms with Gasteiger partial charge in [0.2, 0.25) is 11.8 Å². The lowest BCUT2D eigenvalue weighted by Gasteiger charge is -2.32. The Morgan fingerprint density at radius 3 is 2.43 bits per heavy atom. The van der Waals surface area contributed by atoms with Crippen molar-refractivity contribution in [2.45, 2.75) is 31.8 Å². The summed E-state index contributed by atoms with van der Waals surface area (Å²) >= 11 is 0. The molecule has 11 heteroatoms. The molecule has 226 valence electrons. The Labute approximate surface area is 253 Å². The van der Waals surface area contributed by atoms with Crippen molar-refractivity contribution >= 4 is 39.9 Å². The molecule has 0 atom stereocenters. The van der Waals surface area contributed by atoms with E-state index in [4.69, 9.17) is 9.47 Å². The van der Waals surface area contributed by atoms with Crippen LogP contribution >= 0.6 is 0 Å². The standard InChI is InChI=1S/C33H32FN5O5/c1-3-31(41)39-12-10-22(11-13-39)44-30-16-23-25(17-28(30)40)35-18-36-32(23)37-27-15-21(7-9-29(27)43-2)20-6-8-24(34)26(14-20)38-33(42)19-4-5-19/h3,6-9,14-19,22,40H,1,4-5,10-13H2,2H3,(H,38,42)(H,35,36,37)/p-1. The van der Waals surface area contributed by atoms with E-state index in [0.717, 1.165) is 18.4 Å². The highest BCUT2D eigenvalue weighted by Crippen LogP contribution is 2.38. The Morgan fingerprint density at radius 2 is 1.73 bits per heavy atom. The number of benzene rings is 3. The second kappa shape index (κ2) is 12.2. The maximum absolute atomic E-state index is 14.5. The first-order chi connectivity index (χ1) is 21.3. The first-order valence-electron chi connectivity index (χ1n) is 14.4. The fourth-order valence-electron chi connectivity index (χ4n) is 5.25. The molecule has 0 radical (unpaired) electrons. The number of carbonyl (C=O) groups is 2. The van der Waals surface area contributed by atoms with Crippen LogP contribution in [0.15, 0.2) is 67.5 Å². The van der Waals surface area contributed by atoms with Crippen LogP contribution in [-0.4, -0.2) is 53.0 Å². The Bertz CT molecular complexity index is 1750. The van der Waals surface area contributed by atoms with Crippen molar-refractivity contribution < 1.29 is 28.6 Å². The maximum atomic E-state index is 14.5. The van der Waals surface area contributed by atoms with Crippen LogP contribution in [0.4, 0.5) is 21.6 Å². The molecule has 6 rings (SSSR count). The summed E-state index contributed by atoms with van der Waals surface area (Å²) in [5, 5.41) is 19.5. The van der Waals surface area contributed by atoms with Crippen molar-refractivity contribution in [3.63, 3.8) is 0 Å². The molecule has 0 bridgehead atoms. The van der Waals surface area contributed by atoms with E-state index in [1.165, 1.54) is 24.5 Å². The largest absolute Gasteiger partial charge is 0.870 e. The second-order valence-electron chi connectivity index (χ2n) is 10.9. The molecule has 2 N–H and O–H groups in total. The number of ether oxygens (including phenoxy) is 2. The molecular weight excluding hydrogens is 565 g/mol. The molecule has 2 fully saturated rings. The first kappa shape index (κ1) is 28.9. The lowest BCUT2D eigenvalue weighted by molar-refractivity contribution is -0.270. The normalized spacial score (nSPS) is 15.1. The zero-order valence-corrected chi connectivity index (χ0v) is 24.1. The summed E-state index contributed by atoms with van der Waals surface area (Å²) in [5.41, 5.74) is 2.59. The van der Waals surface area contributed by atoms with E-state index in [2.05, 4.69) is 27.2 Å². The van der Waals surface area contributed by atoms with Gasteiger partial charge < -0.3 is 30.1 Å². The van der Waals surface area contributed by atoms with Gasteiger partial charge in [0.05, 0.1) is 24.0 Å². The molecule has 10 nitrogen and oxygen atoms in total. The quantitative estimate of drug-likeness (QED) is 0.254. The van der Waals surface area contributed by atoms with E-state index in [-0.39, 0.29) is 41.0 Å². The van der Waals surface area contributed by atoms with Gasteiger partial charge in [-0.15, -0.1) is 0 Å². The number of fused-ring (bicyclic) bond motifs is 1. The molecule has 0 spiro atoms. The fraction of sp³-hybridized carbons (Fsp3) is 0.273. The van der Waals surface area contributed by atoms with Gasteiger partial charge in [-0.2, -0.15) is 0 Å². The topological polar surface area (TPSA) is 129 Å². The third-order valence-corrected chi connectivity index (χ3v) is 7.88. The molecular formula is C33H31FN5O5-. The SMILES string of the molecule is C=CC(=O)N1CCC(Oc2cc3c(Nc4cc(-c5ccc(F)c(NC(=O)C6CC6)c5)ccc4OC)ncnc3cc2[O-])CC1. The minimum absolute atomic E-state index is 0.0535. The van der Waals surface area contributed by atoms with Crippen LogP contribution in [0, 0.1) is 11.7 Å². The van der Waals surface area contributed by atoms with E-state index >= 15 is 0 Å². The fourth-order valence-corrected chi connectivity index (χ4v) is 5.25. The van der Waals surface area contributed by atoms with Crippen LogP contribution < -0.4 is 25.2 Å². The molecule has 2 heterocycles. The van der Waals surface area contributed by atoms with Gasteiger partial charge in [-0.25, -0.2) is 14.4 Å². The smallest absolute Gasteiger partial charge is 0.245 e. The Hall–Kier alpha value is -5.19. The number of piperidine rings is 1.